The minimum atomic E-state index is -2.99. The molecule has 1 aliphatic heterocycles. The molecule has 0 aliphatic carbocycles. The summed E-state index contributed by atoms with van der Waals surface area (Å²) < 4.78 is 34.1. The molecule has 1 fully saturated rings. The van der Waals surface area contributed by atoms with E-state index in [1.165, 1.54) is 31.4 Å². The molecule has 2 rings (SSSR count). The molecule has 1 heterocycles. The van der Waals surface area contributed by atoms with E-state index in [4.69, 9.17) is 4.74 Å². The summed E-state index contributed by atoms with van der Waals surface area (Å²) in [7, 11) is 1.30. The van der Waals surface area contributed by atoms with Crippen molar-refractivity contribution in [3.63, 3.8) is 0 Å². The van der Waals surface area contributed by atoms with Gasteiger partial charge in [-0.25, -0.2) is 0 Å². The zero-order chi connectivity index (χ0) is 20.0. The highest BCUT2D eigenvalue weighted by Crippen LogP contribution is 2.34. The summed E-state index contributed by atoms with van der Waals surface area (Å²) in [4.78, 5) is 36.8. The summed E-state index contributed by atoms with van der Waals surface area (Å²) >= 11 is 0.763. The van der Waals surface area contributed by atoms with Crippen molar-refractivity contribution < 1.29 is 32.6 Å². The summed E-state index contributed by atoms with van der Waals surface area (Å²) in [5.74, 6) is -0.715. The molecule has 0 bridgehead atoms. The van der Waals surface area contributed by atoms with Gasteiger partial charge in [0.1, 0.15) is 0 Å². The van der Waals surface area contributed by atoms with Crippen LogP contribution in [0.2, 0.25) is 0 Å². The third-order valence-electron chi connectivity index (χ3n) is 3.55. The molecule has 7 nitrogen and oxygen atoms in total. The predicted molar refractivity (Wildman–Crippen MR) is 95.6 cm³/mol. The molecule has 146 valence electrons. The highest BCUT2D eigenvalue weighted by molar-refractivity contribution is 8.18. The van der Waals surface area contributed by atoms with Gasteiger partial charge in [0.15, 0.2) is 11.5 Å². The van der Waals surface area contributed by atoms with Gasteiger partial charge in [0.05, 0.1) is 12.0 Å². The maximum Gasteiger partial charge on any atom is 0.387 e. The Hall–Kier alpha value is -2.62. The number of benzene rings is 1. The van der Waals surface area contributed by atoms with Crippen LogP contribution >= 0.6 is 11.8 Å². The largest absolute Gasteiger partial charge is 0.493 e. The number of imide groups is 1. The van der Waals surface area contributed by atoms with Crippen LogP contribution in [-0.4, -0.2) is 48.8 Å². The number of nitrogens with one attached hydrogen (secondary N) is 1. The van der Waals surface area contributed by atoms with Gasteiger partial charge >= 0.3 is 6.61 Å². The first kappa shape index (κ1) is 20.7. The molecule has 10 heteroatoms. The van der Waals surface area contributed by atoms with Crippen molar-refractivity contribution in [1.29, 1.82) is 0 Å². The molecule has 0 atom stereocenters. The highest BCUT2D eigenvalue weighted by atomic mass is 32.2. The van der Waals surface area contributed by atoms with Crippen LogP contribution in [0.3, 0.4) is 0 Å². The zero-order valence-corrected chi connectivity index (χ0v) is 15.5. The Labute approximate surface area is 158 Å². The fourth-order valence-electron chi connectivity index (χ4n) is 2.24. The number of carbonyl (C=O) groups excluding carboxylic acids is 3. The van der Waals surface area contributed by atoms with Gasteiger partial charge in [-0.3, -0.25) is 19.3 Å². The van der Waals surface area contributed by atoms with Crippen LogP contribution < -0.4 is 14.8 Å². The molecule has 1 aromatic rings. The monoisotopic (exact) mass is 400 g/mol. The molecule has 1 N–H and O–H groups in total. The van der Waals surface area contributed by atoms with Gasteiger partial charge in [0.2, 0.25) is 5.91 Å². The Morgan fingerprint density at radius 3 is 2.70 bits per heavy atom. The summed E-state index contributed by atoms with van der Waals surface area (Å²) in [6, 6.07) is 4.18. The molecule has 0 saturated carbocycles. The average molecular weight is 400 g/mol. The molecule has 0 aromatic heterocycles. The number of hydrogen-bond acceptors (Lipinski definition) is 6. The average Bonchev–Trinajstić information content (AvgIpc) is 2.89. The van der Waals surface area contributed by atoms with E-state index >= 15 is 0 Å². The van der Waals surface area contributed by atoms with Gasteiger partial charge in [-0.05, 0) is 35.5 Å². The van der Waals surface area contributed by atoms with Crippen molar-refractivity contribution in [1.82, 2.24) is 10.2 Å². The Bertz CT molecular complexity index is 770. The van der Waals surface area contributed by atoms with E-state index in [9.17, 15) is 23.2 Å². The lowest BCUT2D eigenvalue weighted by Crippen LogP contribution is -2.37. The van der Waals surface area contributed by atoms with Gasteiger partial charge in [0.25, 0.3) is 11.1 Å². The second-order valence-corrected chi connectivity index (χ2v) is 6.32. The summed E-state index contributed by atoms with van der Waals surface area (Å²) in [6.45, 7) is -1.05. The number of nitrogens with zero attached hydrogens (tertiary/aromatic N) is 1. The number of methoxy groups -OCH3 is 1. The summed E-state index contributed by atoms with van der Waals surface area (Å²) in [5.41, 5.74) is 0.484. The normalized spacial score (nSPS) is 15.6. The van der Waals surface area contributed by atoms with E-state index in [1.807, 2.05) is 0 Å². The molecule has 1 saturated heterocycles. The minimum Gasteiger partial charge on any atom is -0.493 e. The minimum absolute atomic E-state index is 0.0677. The van der Waals surface area contributed by atoms with Crippen LogP contribution in [0.15, 0.2) is 23.1 Å². The lowest BCUT2D eigenvalue weighted by molar-refractivity contribution is -0.124. The Kier molecular flexibility index (Phi) is 7.17. The predicted octanol–water partition coefficient (Wildman–Crippen LogP) is 2.86. The number of ether oxygens (including phenoxy) is 2. The third-order valence-corrected chi connectivity index (χ3v) is 4.46. The van der Waals surface area contributed by atoms with E-state index in [-0.39, 0.29) is 35.4 Å². The highest BCUT2D eigenvalue weighted by Gasteiger charge is 2.34. The van der Waals surface area contributed by atoms with Crippen LogP contribution in [-0.2, 0) is 9.59 Å². The number of carbonyl (C=O) groups is 3. The molecule has 0 spiro atoms. The number of hydrogen-bond donors (Lipinski definition) is 1. The molecule has 27 heavy (non-hydrogen) atoms. The first-order chi connectivity index (χ1) is 12.8. The van der Waals surface area contributed by atoms with E-state index in [0.29, 0.717) is 12.0 Å². The number of halogens is 2. The molecule has 1 aliphatic rings. The fraction of sp³-hybridized carbons (Fsp3) is 0.353. The molecule has 0 radical (unpaired) electrons. The van der Waals surface area contributed by atoms with E-state index in [2.05, 4.69) is 10.1 Å². The second-order valence-electron chi connectivity index (χ2n) is 5.33. The van der Waals surface area contributed by atoms with Crippen molar-refractivity contribution >= 4 is 34.9 Å². The van der Waals surface area contributed by atoms with Gasteiger partial charge in [-0.1, -0.05) is 13.0 Å². The van der Waals surface area contributed by atoms with Crippen molar-refractivity contribution in [3.8, 4) is 11.5 Å². The van der Waals surface area contributed by atoms with Crippen molar-refractivity contribution in [2.75, 3.05) is 20.2 Å². The molecular formula is C17H18F2N2O5S. The first-order valence-corrected chi connectivity index (χ1v) is 8.82. The maximum absolute atomic E-state index is 12.4. The molecule has 1 aromatic carbocycles. The van der Waals surface area contributed by atoms with Gasteiger partial charge in [0, 0.05) is 19.5 Å². The van der Waals surface area contributed by atoms with Gasteiger partial charge < -0.3 is 14.8 Å². The Morgan fingerprint density at radius 2 is 2.07 bits per heavy atom. The van der Waals surface area contributed by atoms with E-state index < -0.39 is 17.8 Å². The maximum atomic E-state index is 12.4. The van der Waals surface area contributed by atoms with Crippen molar-refractivity contribution in [2.45, 2.75) is 20.0 Å². The Balaban J connectivity index is 2.11. The van der Waals surface area contributed by atoms with Crippen LogP contribution in [0.25, 0.3) is 6.08 Å². The topological polar surface area (TPSA) is 84.9 Å². The van der Waals surface area contributed by atoms with Crippen LogP contribution in [0, 0.1) is 0 Å². The molecule has 0 unspecified atom stereocenters. The molecule has 3 amide bonds. The fourth-order valence-corrected chi connectivity index (χ4v) is 3.11. The quantitative estimate of drug-likeness (QED) is 0.676. The van der Waals surface area contributed by atoms with Gasteiger partial charge in [-0.2, -0.15) is 8.78 Å². The molecular weight excluding hydrogens is 382 g/mol. The number of thioether (sulfide) groups is 1. The summed E-state index contributed by atoms with van der Waals surface area (Å²) in [6.07, 6.45) is 1.78. The first-order valence-electron chi connectivity index (χ1n) is 8.00. The van der Waals surface area contributed by atoms with E-state index in [0.717, 1.165) is 16.7 Å². The van der Waals surface area contributed by atoms with Crippen molar-refractivity contribution in [3.05, 3.63) is 28.7 Å². The Morgan fingerprint density at radius 1 is 1.33 bits per heavy atom. The van der Waals surface area contributed by atoms with Crippen LogP contribution in [0.4, 0.5) is 13.6 Å². The lowest BCUT2D eigenvalue weighted by Gasteiger charge is -2.12. The SMILES string of the molecule is CCC(=O)NCCN1C(=O)S/C(=C/c2ccc(OC(F)F)c(OC)c2)C1=O. The second kappa shape index (κ2) is 9.36. The standard InChI is InChI=1S/C17H18F2N2O5S/c1-3-14(22)20-6-7-21-15(23)13(27-17(21)24)9-10-4-5-11(26-16(18)19)12(8-10)25-2/h4-5,8-9,16H,3,6-7H2,1-2H3,(H,20,22)/b13-9+. The van der Waals surface area contributed by atoms with Crippen LogP contribution in [0.5, 0.6) is 11.5 Å². The lowest BCUT2D eigenvalue weighted by atomic mass is 10.2. The van der Waals surface area contributed by atoms with Crippen molar-refractivity contribution in [2.24, 2.45) is 0 Å². The number of rotatable bonds is 8. The van der Waals surface area contributed by atoms with E-state index in [1.54, 1.807) is 6.92 Å². The van der Waals surface area contributed by atoms with Crippen LogP contribution in [0.1, 0.15) is 18.9 Å². The van der Waals surface area contributed by atoms with Gasteiger partial charge in [-0.15, -0.1) is 0 Å². The third kappa shape index (κ3) is 5.43. The number of amides is 3. The smallest absolute Gasteiger partial charge is 0.387 e. The number of alkyl halides is 2. The zero-order valence-electron chi connectivity index (χ0n) is 14.7. The summed E-state index contributed by atoms with van der Waals surface area (Å²) in [5, 5.41) is 2.15.